The number of carbonyl (C=O) groups excluding carboxylic acids is 2. The molecule has 0 aliphatic heterocycles. The van der Waals surface area contributed by atoms with Gasteiger partial charge in [0.25, 0.3) is 5.91 Å². The summed E-state index contributed by atoms with van der Waals surface area (Å²) in [5.74, 6) is 0.755. The standard InChI is InChI=1S/C20H23NO3/c1-3-21(18-7-5-4-6-8-18)20(23)15-24-19-13-11-17(12-14-19)10-9-16(2)22/h4-8,11-14H,3,9-10,15H2,1-2H3. The van der Waals surface area contributed by atoms with Crippen LogP contribution in [0.4, 0.5) is 5.69 Å². The van der Waals surface area contributed by atoms with Gasteiger partial charge in [0.1, 0.15) is 11.5 Å². The van der Waals surface area contributed by atoms with E-state index in [1.165, 1.54) is 0 Å². The van der Waals surface area contributed by atoms with Crippen molar-refractivity contribution in [3.8, 4) is 5.75 Å². The third-order valence-corrected chi connectivity index (χ3v) is 3.74. The predicted octanol–water partition coefficient (Wildman–Crippen LogP) is 3.64. The number of para-hydroxylation sites is 1. The molecule has 0 N–H and O–H groups in total. The van der Waals surface area contributed by atoms with Gasteiger partial charge in [-0.05, 0) is 50.1 Å². The molecule has 0 bridgehead atoms. The Balaban J connectivity index is 1.90. The summed E-state index contributed by atoms with van der Waals surface area (Å²) in [5, 5.41) is 0. The molecule has 4 nitrogen and oxygen atoms in total. The van der Waals surface area contributed by atoms with Gasteiger partial charge in [0.2, 0.25) is 0 Å². The molecule has 4 heteroatoms. The second-order valence-electron chi connectivity index (χ2n) is 5.61. The molecule has 24 heavy (non-hydrogen) atoms. The Labute approximate surface area is 143 Å². The zero-order chi connectivity index (χ0) is 17.4. The molecule has 2 aromatic rings. The summed E-state index contributed by atoms with van der Waals surface area (Å²) in [6.07, 6.45) is 1.27. The van der Waals surface area contributed by atoms with Crippen LogP contribution in [-0.4, -0.2) is 24.8 Å². The summed E-state index contributed by atoms with van der Waals surface area (Å²) < 4.78 is 5.59. The van der Waals surface area contributed by atoms with Gasteiger partial charge in [-0.3, -0.25) is 4.79 Å². The first-order valence-corrected chi connectivity index (χ1v) is 8.16. The number of hydrogen-bond acceptors (Lipinski definition) is 3. The van der Waals surface area contributed by atoms with Gasteiger partial charge in [-0.1, -0.05) is 30.3 Å². The number of ether oxygens (including phenoxy) is 1. The Morgan fingerprint density at radius 2 is 1.67 bits per heavy atom. The molecule has 2 rings (SSSR count). The lowest BCUT2D eigenvalue weighted by Crippen LogP contribution is -2.34. The van der Waals surface area contributed by atoms with Crippen LogP contribution in [0.5, 0.6) is 5.75 Å². The number of nitrogens with zero attached hydrogens (tertiary/aromatic N) is 1. The van der Waals surface area contributed by atoms with Gasteiger partial charge in [-0.15, -0.1) is 0 Å². The van der Waals surface area contributed by atoms with Crippen molar-refractivity contribution in [2.45, 2.75) is 26.7 Å². The molecule has 126 valence electrons. The van der Waals surface area contributed by atoms with Gasteiger partial charge in [-0.2, -0.15) is 0 Å². The summed E-state index contributed by atoms with van der Waals surface area (Å²) in [4.78, 5) is 25.1. The average Bonchev–Trinajstić information content (AvgIpc) is 2.60. The minimum Gasteiger partial charge on any atom is -0.484 e. The highest BCUT2D eigenvalue weighted by Gasteiger charge is 2.14. The van der Waals surface area contributed by atoms with Crippen molar-refractivity contribution in [3.63, 3.8) is 0 Å². The van der Waals surface area contributed by atoms with Crippen molar-refractivity contribution in [1.29, 1.82) is 0 Å². The normalized spacial score (nSPS) is 10.2. The number of likely N-dealkylation sites (N-methyl/N-ethyl adjacent to an activating group) is 1. The molecule has 0 saturated carbocycles. The van der Waals surface area contributed by atoms with Gasteiger partial charge in [0, 0.05) is 18.7 Å². The Hall–Kier alpha value is -2.62. The molecule has 0 fully saturated rings. The van der Waals surface area contributed by atoms with Crippen LogP contribution < -0.4 is 9.64 Å². The largest absolute Gasteiger partial charge is 0.484 e. The highest BCUT2D eigenvalue weighted by Crippen LogP contribution is 2.16. The van der Waals surface area contributed by atoms with Crippen LogP contribution in [0.3, 0.4) is 0 Å². The van der Waals surface area contributed by atoms with Crippen molar-refractivity contribution in [2.75, 3.05) is 18.1 Å². The van der Waals surface area contributed by atoms with Crippen LogP contribution >= 0.6 is 0 Å². The Morgan fingerprint density at radius 3 is 2.25 bits per heavy atom. The molecule has 0 aliphatic rings. The lowest BCUT2D eigenvalue weighted by Gasteiger charge is -2.21. The van der Waals surface area contributed by atoms with Crippen LogP contribution in [0, 0.1) is 0 Å². The first-order chi connectivity index (χ1) is 11.6. The van der Waals surface area contributed by atoms with Crippen LogP contribution in [0.15, 0.2) is 54.6 Å². The minimum atomic E-state index is -0.0793. The SMILES string of the molecule is CCN(C(=O)COc1ccc(CCC(C)=O)cc1)c1ccccc1. The third-order valence-electron chi connectivity index (χ3n) is 3.74. The van der Waals surface area contributed by atoms with E-state index in [-0.39, 0.29) is 18.3 Å². The summed E-state index contributed by atoms with van der Waals surface area (Å²) in [7, 11) is 0. The number of aryl methyl sites for hydroxylation is 1. The molecule has 0 heterocycles. The van der Waals surface area contributed by atoms with Crippen molar-refractivity contribution >= 4 is 17.4 Å². The van der Waals surface area contributed by atoms with Crippen molar-refractivity contribution in [1.82, 2.24) is 0 Å². The summed E-state index contributed by atoms with van der Waals surface area (Å²) >= 11 is 0. The molecule has 0 aliphatic carbocycles. The Bertz CT molecular complexity index is 665. The molecule has 1 amide bonds. The summed E-state index contributed by atoms with van der Waals surface area (Å²) in [5.41, 5.74) is 1.96. The van der Waals surface area contributed by atoms with E-state index in [4.69, 9.17) is 4.74 Å². The second-order valence-corrected chi connectivity index (χ2v) is 5.61. The fourth-order valence-corrected chi connectivity index (χ4v) is 2.41. The number of Topliss-reactive ketones (excluding diaryl/α,β-unsaturated/α-hetero) is 1. The van der Waals surface area contributed by atoms with Crippen molar-refractivity contribution in [2.24, 2.45) is 0 Å². The predicted molar refractivity (Wildman–Crippen MR) is 95.4 cm³/mol. The van der Waals surface area contributed by atoms with Gasteiger partial charge in [0.05, 0.1) is 0 Å². The number of anilines is 1. The van der Waals surface area contributed by atoms with E-state index < -0.39 is 0 Å². The first-order valence-electron chi connectivity index (χ1n) is 8.16. The van der Waals surface area contributed by atoms with Crippen molar-refractivity contribution in [3.05, 3.63) is 60.2 Å². The number of amides is 1. The molecular formula is C20H23NO3. The van der Waals surface area contributed by atoms with E-state index in [0.717, 1.165) is 17.7 Å². The first kappa shape index (κ1) is 17.7. The molecule has 0 aromatic heterocycles. The van der Waals surface area contributed by atoms with Gasteiger partial charge in [-0.25, -0.2) is 0 Å². The Kier molecular flexibility index (Phi) is 6.55. The number of rotatable bonds is 8. The van der Waals surface area contributed by atoms with Crippen LogP contribution in [0.25, 0.3) is 0 Å². The maximum atomic E-state index is 12.4. The summed E-state index contributed by atoms with van der Waals surface area (Å²) in [6, 6.07) is 17.1. The molecule has 0 atom stereocenters. The monoisotopic (exact) mass is 325 g/mol. The zero-order valence-corrected chi connectivity index (χ0v) is 14.2. The number of benzene rings is 2. The summed E-state index contributed by atoms with van der Waals surface area (Å²) in [6.45, 7) is 4.12. The minimum absolute atomic E-state index is 0.00444. The quantitative estimate of drug-likeness (QED) is 0.744. The van der Waals surface area contributed by atoms with E-state index in [9.17, 15) is 9.59 Å². The van der Waals surface area contributed by atoms with E-state index >= 15 is 0 Å². The van der Waals surface area contributed by atoms with E-state index in [0.29, 0.717) is 18.7 Å². The lowest BCUT2D eigenvalue weighted by atomic mass is 10.1. The average molecular weight is 325 g/mol. The molecule has 0 radical (unpaired) electrons. The molecule has 2 aromatic carbocycles. The fraction of sp³-hybridized carbons (Fsp3) is 0.300. The molecule has 0 saturated heterocycles. The van der Waals surface area contributed by atoms with Crippen LogP contribution in [0.2, 0.25) is 0 Å². The van der Waals surface area contributed by atoms with E-state index in [1.807, 2.05) is 61.5 Å². The smallest absolute Gasteiger partial charge is 0.264 e. The van der Waals surface area contributed by atoms with E-state index in [1.54, 1.807) is 11.8 Å². The van der Waals surface area contributed by atoms with E-state index in [2.05, 4.69) is 0 Å². The lowest BCUT2D eigenvalue weighted by molar-refractivity contribution is -0.120. The van der Waals surface area contributed by atoms with Gasteiger partial charge < -0.3 is 14.4 Å². The van der Waals surface area contributed by atoms with Crippen LogP contribution in [-0.2, 0) is 16.0 Å². The maximum Gasteiger partial charge on any atom is 0.264 e. The number of hydrogen-bond donors (Lipinski definition) is 0. The Morgan fingerprint density at radius 1 is 1.00 bits per heavy atom. The number of ketones is 1. The second kappa shape index (κ2) is 8.87. The van der Waals surface area contributed by atoms with Crippen LogP contribution in [0.1, 0.15) is 25.8 Å². The highest BCUT2D eigenvalue weighted by atomic mass is 16.5. The van der Waals surface area contributed by atoms with Gasteiger partial charge >= 0.3 is 0 Å². The van der Waals surface area contributed by atoms with Gasteiger partial charge in [0.15, 0.2) is 6.61 Å². The zero-order valence-electron chi connectivity index (χ0n) is 14.2. The molecular weight excluding hydrogens is 302 g/mol. The highest BCUT2D eigenvalue weighted by molar-refractivity contribution is 5.94. The maximum absolute atomic E-state index is 12.4. The fourth-order valence-electron chi connectivity index (χ4n) is 2.41. The molecule has 0 spiro atoms. The number of carbonyl (C=O) groups is 2. The van der Waals surface area contributed by atoms with Crippen molar-refractivity contribution < 1.29 is 14.3 Å². The topological polar surface area (TPSA) is 46.6 Å². The molecule has 0 unspecified atom stereocenters. The third kappa shape index (κ3) is 5.23.